The molecule has 1 unspecified atom stereocenters. The van der Waals surface area contributed by atoms with Crippen molar-refractivity contribution in [2.24, 2.45) is 9.98 Å². The third-order valence-electron chi connectivity index (χ3n) is 10.6. The monoisotopic (exact) mass is 914 g/mol. The molecule has 6 aromatic rings. The average molecular weight is 915 g/mol. The van der Waals surface area contributed by atoms with Crippen LogP contribution in [0.1, 0.15) is 72.5 Å². The number of hydrogen-bond acceptors (Lipinski definition) is 13. The number of aromatic nitrogens is 6. The zero-order valence-corrected chi connectivity index (χ0v) is 39.2. The number of thioether (sulfide) groups is 2. The molecule has 1 aliphatic heterocycles. The molecule has 17 heteroatoms. The van der Waals surface area contributed by atoms with Crippen molar-refractivity contribution in [1.82, 2.24) is 40.2 Å². The molecule has 0 spiro atoms. The smallest absolute Gasteiger partial charge is 0.222 e. The summed E-state index contributed by atoms with van der Waals surface area (Å²) in [5, 5.41) is 22.9. The molecule has 65 heavy (non-hydrogen) atoms. The van der Waals surface area contributed by atoms with Gasteiger partial charge in [0.05, 0.1) is 56.7 Å². The van der Waals surface area contributed by atoms with Gasteiger partial charge in [-0.05, 0) is 88.4 Å². The summed E-state index contributed by atoms with van der Waals surface area (Å²) >= 11 is 3.46. The predicted molar refractivity (Wildman–Crippen MR) is 256 cm³/mol. The molecule has 0 aliphatic carbocycles. The van der Waals surface area contributed by atoms with Gasteiger partial charge in [-0.15, -0.1) is 43.9 Å². The molecule has 338 valence electrons. The first-order valence-electron chi connectivity index (χ1n) is 21.6. The van der Waals surface area contributed by atoms with E-state index in [4.69, 9.17) is 24.2 Å². The zero-order valence-electron chi connectivity index (χ0n) is 37.5. The van der Waals surface area contributed by atoms with Gasteiger partial charge in [0.25, 0.3) is 0 Å². The van der Waals surface area contributed by atoms with Gasteiger partial charge >= 0.3 is 0 Å². The van der Waals surface area contributed by atoms with Crippen molar-refractivity contribution in [3.63, 3.8) is 0 Å². The summed E-state index contributed by atoms with van der Waals surface area (Å²) in [6.45, 7) is 10.3. The fraction of sp³-hybridized carbons (Fsp3) is 0.333. The van der Waals surface area contributed by atoms with E-state index in [-0.39, 0.29) is 24.7 Å². The van der Waals surface area contributed by atoms with Gasteiger partial charge < -0.3 is 24.8 Å². The van der Waals surface area contributed by atoms with Gasteiger partial charge in [-0.25, -0.2) is 0 Å². The minimum Gasteiger partial charge on any atom is -0.497 e. The minimum absolute atomic E-state index is 0.0403. The molecule has 1 atom stereocenters. The van der Waals surface area contributed by atoms with E-state index in [1.54, 1.807) is 44.1 Å². The summed E-state index contributed by atoms with van der Waals surface area (Å²) in [6, 6.07) is 27.8. The van der Waals surface area contributed by atoms with E-state index in [1.165, 1.54) is 0 Å². The fourth-order valence-electron chi connectivity index (χ4n) is 7.43. The van der Waals surface area contributed by atoms with Gasteiger partial charge in [-0.2, -0.15) is 0 Å². The van der Waals surface area contributed by atoms with Crippen molar-refractivity contribution in [3.8, 4) is 22.9 Å². The van der Waals surface area contributed by atoms with Crippen LogP contribution in [0.15, 0.2) is 111 Å². The number of nitrogens with zero attached hydrogens (tertiary/aromatic N) is 8. The maximum Gasteiger partial charge on any atom is 0.222 e. The van der Waals surface area contributed by atoms with Crippen LogP contribution in [0, 0.1) is 13.8 Å². The summed E-state index contributed by atoms with van der Waals surface area (Å²) in [5.41, 5.74) is 6.81. The highest BCUT2D eigenvalue weighted by Crippen LogP contribution is 2.35. The molecule has 0 saturated heterocycles. The molecular weight excluding hydrogens is 861 g/mol. The number of aliphatic imine (C=N–C) groups is 2. The van der Waals surface area contributed by atoms with Gasteiger partial charge in [0.2, 0.25) is 11.8 Å². The molecule has 15 nitrogen and oxygen atoms in total. The van der Waals surface area contributed by atoms with E-state index in [2.05, 4.69) is 79.6 Å². The highest BCUT2D eigenvalue weighted by atomic mass is 32.2. The fourth-order valence-corrected chi connectivity index (χ4v) is 8.96. The van der Waals surface area contributed by atoms with Gasteiger partial charge in [0.1, 0.15) is 35.5 Å². The second-order valence-electron chi connectivity index (χ2n) is 14.9. The van der Waals surface area contributed by atoms with Crippen molar-refractivity contribution >= 4 is 46.8 Å². The normalized spacial score (nSPS) is 13.4. The van der Waals surface area contributed by atoms with Crippen LogP contribution in [0.4, 0.5) is 0 Å². The summed E-state index contributed by atoms with van der Waals surface area (Å²) < 4.78 is 21.2. The topological polar surface area (TPSA) is 172 Å². The van der Waals surface area contributed by atoms with Gasteiger partial charge in [0.15, 0.2) is 5.82 Å². The number of nitrogens with one attached hydrogen (secondary N) is 2. The van der Waals surface area contributed by atoms with Crippen LogP contribution in [-0.4, -0.2) is 111 Å². The molecule has 0 saturated carbocycles. The molecule has 0 bridgehead atoms. The van der Waals surface area contributed by atoms with E-state index in [0.717, 1.165) is 72.2 Å². The van der Waals surface area contributed by atoms with Crippen molar-refractivity contribution in [2.75, 3.05) is 58.6 Å². The van der Waals surface area contributed by atoms with Gasteiger partial charge in [0, 0.05) is 69.6 Å². The van der Waals surface area contributed by atoms with E-state index < -0.39 is 6.04 Å². The third-order valence-corrected chi connectivity index (χ3v) is 12.5. The Bertz CT molecular complexity index is 2640. The highest BCUT2D eigenvalue weighted by molar-refractivity contribution is 7.99. The van der Waals surface area contributed by atoms with Crippen LogP contribution in [0.5, 0.6) is 11.5 Å². The van der Waals surface area contributed by atoms with Gasteiger partial charge in [-0.3, -0.25) is 28.7 Å². The van der Waals surface area contributed by atoms with Gasteiger partial charge in [-0.1, -0.05) is 24.3 Å². The van der Waals surface area contributed by atoms with Crippen molar-refractivity contribution in [1.29, 1.82) is 0 Å². The molecular formula is C48H54N10O5S2. The second-order valence-corrected chi connectivity index (χ2v) is 17.2. The number of fused-ring (bicyclic) bond motifs is 3. The Morgan fingerprint density at radius 2 is 1.40 bits per heavy atom. The number of carbonyl (C=O) groups excluding carboxylic acids is 2. The van der Waals surface area contributed by atoms with Crippen LogP contribution in [-0.2, 0) is 14.3 Å². The number of ether oxygens (including phenoxy) is 3. The van der Waals surface area contributed by atoms with Crippen LogP contribution in [0.25, 0.3) is 11.4 Å². The van der Waals surface area contributed by atoms with E-state index in [9.17, 15) is 9.59 Å². The Balaban J connectivity index is 0.958. The molecule has 2 N–H and O–H groups in total. The lowest BCUT2D eigenvalue weighted by Gasteiger charge is -2.16. The number of carbonyl (C=O) groups is 2. The molecule has 7 rings (SSSR count). The third kappa shape index (κ3) is 11.5. The predicted octanol–water partition coefficient (Wildman–Crippen LogP) is 7.16. The van der Waals surface area contributed by atoms with Crippen LogP contribution in [0.3, 0.4) is 0 Å². The molecule has 2 amide bonds. The SMILES string of the molecule is CCNC(=O)CCN=C(c1ccc(SCCOCCSc2ccc(C3=NC(CC(=O)NCC)c4nnc(C)n4-c4ccc(OC)cc43)cc2)cc1)c1cc(OC)ccc1-n1cnnc1C. The summed E-state index contributed by atoms with van der Waals surface area (Å²) in [4.78, 5) is 37.6. The van der Waals surface area contributed by atoms with Crippen LogP contribution < -0.4 is 20.1 Å². The molecule has 2 aromatic heterocycles. The van der Waals surface area contributed by atoms with E-state index in [0.29, 0.717) is 56.0 Å². The number of methoxy groups -OCH3 is 2. The summed E-state index contributed by atoms with van der Waals surface area (Å²) in [7, 11) is 3.28. The maximum atomic E-state index is 12.8. The summed E-state index contributed by atoms with van der Waals surface area (Å²) in [5.74, 6) is 4.93. The standard InChI is InChI=1S/C48H54N10O5S2/c1-7-49-44(59)21-22-51-46(39-27-35(61-5)13-19-42(39)57-30-52-54-31(57)3)33-9-15-37(16-10-33)64-25-23-63-24-26-65-38-17-11-34(12-18-38)47-40-28-36(62-6)14-20-43(40)58-32(4)55-56-48(58)41(53-47)29-45(60)50-8-2/h9-20,27-28,30,41H,7-8,21-26,29H2,1-6H3,(H,49,59)(H,50,60). The average Bonchev–Trinajstić information content (AvgIpc) is 3.90. The van der Waals surface area contributed by atoms with Crippen molar-refractivity contribution < 1.29 is 23.8 Å². The largest absolute Gasteiger partial charge is 0.497 e. The Kier molecular flexibility index (Phi) is 16.2. The van der Waals surface area contributed by atoms with Crippen molar-refractivity contribution in [3.05, 3.63) is 131 Å². The quantitative estimate of drug-likeness (QED) is 0.0426. The Morgan fingerprint density at radius 3 is 2.05 bits per heavy atom. The van der Waals surface area contributed by atoms with E-state index in [1.807, 2.05) is 73.2 Å². The minimum atomic E-state index is -0.529. The lowest BCUT2D eigenvalue weighted by molar-refractivity contribution is -0.122. The second kappa shape index (κ2) is 22.5. The lowest BCUT2D eigenvalue weighted by atomic mass is 9.99. The number of aryl methyl sites for hydroxylation is 2. The lowest BCUT2D eigenvalue weighted by Crippen LogP contribution is -2.25. The molecule has 1 aliphatic rings. The molecule has 0 radical (unpaired) electrons. The first-order valence-corrected chi connectivity index (χ1v) is 23.5. The number of amides is 2. The zero-order chi connectivity index (χ0) is 45.7. The Labute approximate surface area is 387 Å². The number of hydrogen-bond donors (Lipinski definition) is 2. The first-order chi connectivity index (χ1) is 31.7. The molecule has 3 heterocycles. The Hall–Kier alpha value is -6.30. The number of benzene rings is 4. The maximum absolute atomic E-state index is 12.8. The summed E-state index contributed by atoms with van der Waals surface area (Å²) in [6.07, 6.45) is 2.11. The van der Waals surface area contributed by atoms with E-state index >= 15 is 0 Å². The van der Waals surface area contributed by atoms with Crippen LogP contribution in [0.2, 0.25) is 0 Å². The highest BCUT2D eigenvalue weighted by Gasteiger charge is 2.30. The Morgan fingerprint density at radius 1 is 0.754 bits per heavy atom. The number of rotatable bonds is 21. The first kappa shape index (κ1) is 46.7. The van der Waals surface area contributed by atoms with Crippen molar-refractivity contribution in [2.45, 2.75) is 56.4 Å². The van der Waals surface area contributed by atoms with Crippen LogP contribution >= 0.6 is 23.5 Å². The molecule has 4 aromatic carbocycles. The molecule has 0 fully saturated rings.